The summed E-state index contributed by atoms with van der Waals surface area (Å²) in [5, 5.41) is 7.07. The normalized spacial score (nSPS) is 12.9. The molecule has 1 unspecified atom stereocenters. The van der Waals surface area contributed by atoms with Crippen LogP contribution in [0.15, 0.2) is 4.79 Å². The summed E-state index contributed by atoms with van der Waals surface area (Å²) in [6.07, 6.45) is 1.28. The molecule has 0 saturated carbocycles. The predicted molar refractivity (Wildman–Crippen MR) is 57.8 cm³/mol. The minimum Gasteiger partial charge on any atom is -0.591 e. The van der Waals surface area contributed by atoms with Gasteiger partial charge in [-0.05, 0) is 16.2 Å². The van der Waals surface area contributed by atoms with Crippen LogP contribution >= 0.6 is 0 Å². The molecule has 0 saturated heterocycles. The molecule has 0 bridgehead atoms. The number of fused-ring (bicyclic) bond motifs is 1. The monoisotopic (exact) mass is 256 g/mol. The van der Waals surface area contributed by atoms with Gasteiger partial charge >= 0.3 is 5.69 Å². The van der Waals surface area contributed by atoms with Crippen molar-refractivity contribution >= 4 is 22.9 Å². The van der Waals surface area contributed by atoms with Gasteiger partial charge in [0.25, 0.3) is 5.91 Å². The van der Waals surface area contributed by atoms with Gasteiger partial charge in [0.2, 0.25) is 0 Å². The summed E-state index contributed by atoms with van der Waals surface area (Å²) in [7, 11) is 0. The number of hydrogen-bond donors (Lipinski definition) is 1. The van der Waals surface area contributed by atoms with Crippen LogP contribution in [0.1, 0.15) is 16.3 Å². The summed E-state index contributed by atoms with van der Waals surface area (Å²) in [5.74, 6) is -0.576. The highest BCUT2D eigenvalue weighted by Crippen LogP contribution is 2.05. The fourth-order valence-corrected chi connectivity index (χ4v) is 1.82. The van der Waals surface area contributed by atoms with Gasteiger partial charge in [-0.1, -0.05) is 0 Å². The second-order valence-electron chi connectivity index (χ2n) is 3.20. The number of imidazole rings is 1. The van der Waals surface area contributed by atoms with Crippen molar-refractivity contribution in [2.45, 2.75) is 6.92 Å². The summed E-state index contributed by atoms with van der Waals surface area (Å²) in [6.45, 7) is 1.51. The average molecular weight is 256 g/mol. The van der Waals surface area contributed by atoms with E-state index >= 15 is 0 Å². The zero-order chi connectivity index (χ0) is 12.7. The summed E-state index contributed by atoms with van der Waals surface area (Å²) in [6, 6.07) is 0. The molecule has 1 amide bonds. The number of amides is 1. The molecule has 2 rings (SSSR count). The fourth-order valence-electron chi connectivity index (χ4n) is 1.38. The summed E-state index contributed by atoms with van der Waals surface area (Å²) in [5.41, 5.74) is 4.23. The highest BCUT2D eigenvalue weighted by molar-refractivity contribution is 7.89. The van der Waals surface area contributed by atoms with Crippen molar-refractivity contribution in [3.63, 3.8) is 0 Å². The number of nitrogens with two attached hydrogens (primary N) is 1. The van der Waals surface area contributed by atoms with Gasteiger partial charge in [-0.15, -0.1) is 5.10 Å². The zero-order valence-electron chi connectivity index (χ0n) is 8.95. The van der Waals surface area contributed by atoms with Crippen molar-refractivity contribution in [2.75, 3.05) is 6.26 Å². The van der Waals surface area contributed by atoms with Crippen molar-refractivity contribution in [3.05, 3.63) is 22.0 Å². The van der Waals surface area contributed by atoms with E-state index in [1.807, 2.05) is 0 Å². The van der Waals surface area contributed by atoms with Crippen LogP contribution in [-0.4, -0.2) is 40.5 Å². The van der Waals surface area contributed by atoms with Gasteiger partial charge in [-0.25, -0.2) is 14.2 Å². The molecule has 10 heteroatoms. The Morgan fingerprint density at radius 3 is 2.71 bits per heavy atom. The molecule has 0 spiro atoms. The lowest BCUT2D eigenvalue weighted by atomic mass is 10.4. The van der Waals surface area contributed by atoms with Crippen molar-refractivity contribution < 1.29 is 9.35 Å². The molecule has 0 aliphatic heterocycles. The lowest BCUT2D eigenvalue weighted by molar-refractivity contribution is 0.0997. The first-order chi connectivity index (χ1) is 7.93. The van der Waals surface area contributed by atoms with Crippen LogP contribution in [0.5, 0.6) is 0 Å². The molecule has 2 heterocycles. The van der Waals surface area contributed by atoms with E-state index in [0.29, 0.717) is 4.09 Å². The quantitative estimate of drug-likeness (QED) is 0.608. The summed E-state index contributed by atoms with van der Waals surface area (Å²) in [4.78, 5) is 26.8. The van der Waals surface area contributed by atoms with Crippen LogP contribution in [0.4, 0.5) is 0 Å². The number of rotatable bonds is 2. The van der Waals surface area contributed by atoms with E-state index in [9.17, 15) is 14.1 Å². The smallest absolute Gasteiger partial charge is 0.397 e. The van der Waals surface area contributed by atoms with E-state index in [0.717, 1.165) is 4.40 Å². The number of carbonyl (C=O) groups is 1. The summed E-state index contributed by atoms with van der Waals surface area (Å²) >= 11 is -1.64. The van der Waals surface area contributed by atoms with E-state index in [2.05, 4.69) is 15.3 Å². The molecule has 9 nitrogen and oxygen atoms in total. The third-order valence-electron chi connectivity index (χ3n) is 2.07. The van der Waals surface area contributed by atoms with Crippen molar-refractivity contribution in [1.29, 1.82) is 0 Å². The van der Waals surface area contributed by atoms with Gasteiger partial charge < -0.3 is 10.3 Å². The Morgan fingerprint density at radius 2 is 2.18 bits per heavy atom. The molecule has 1 atom stereocenters. The SMILES string of the molecule is Cc1nc(C(N)=O)c2nnn([S+](C)[O-])c(=O)n12. The van der Waals surface area contributed by atoms with Gasteiger partial charge in [0, 0.05) is 0 Å². The number of aryl methyl sites for hydroxylation is 1. The zero-order valence-corrected chi connectivity index (χ0v) is 9.76. The van der Waals surface area contributed by atoms with E-state index in [4.69, 9.17) is 5.73 Å². The lowest BCUT2D eigenvalue weighted by Gasteiger charge is -2.03. The molecule has 2 N–H and O–H groups in total. The molecule has 0 radical (unpaired) electrons. The van der Waals surface area contributed by atoms with E-state index < -0.39 is 23.0 Å². The largest absolute Gasteiger partial charge is 0.591 e. The number of primary amides is 1. The van der Waals surface area contributed by atoms with Gasteiger partial charge in [0.1, 0.15) is 12.1 Å². The third kappa shape index (κ3) is 1.66. The topological polar surface area (TPSA) is 131 Å². The number of aromatic nitrogens is 5. The standard InChI is InChI=1S/C7H8N6O3S/c1-3-9-4(5(8)14)6-10-11-13(17(2)16)7(15)12(3)6/h1-2H3,(H2,8,14). The van der Waals surface area contributed by atoms with Crippen LogP contribution in [0.3, 0.4) is 0 Å². The number of carbonyl (C=O) groups excluding carboxylic acids is 1. The number of nitrogens with zero attached hydrogens (tertiary/aromatic N) is 5. The Bertz CT molecular complexity index is 659. The maximum atomic E-state index is 11.9. The third-order valence-corrected chi connectivity index (χ3v) is 2.79. The van der Waals surface area contributed by atoms with Crippen molar-refractivity contribution in [2.24, 2.45) is 5.73 Å². The Balaban J connectivity index is 2.89. The van der Waals surface area contributed by atoms with E-state index in [1.165, 1.54) is 13.2 Å². The molecular formula is C7H8N6O3S. The average Bonchev–Trinajstić information content (AvgIpc) is 2.56. The fraction of sp³-hybridized carbons (Fsp3) is 0.286. The molecule has 17 heavy (non-hydrogen) atoms. The second-order valence-corrected chi connectivity index (χ2v) is 4.39. The lowest BCUT2D eigenvalue weighted by Crippen LogP contribution is -2.35. The maximum absolute atomic E-state index is 11.9. The van der Waals surface area contributed by atoms with Crippen molar-refractivity contribution in [3.8, 4) is 0 Å². The summed E-state index contributed by atoms with van der Waals surface area (Å²) < 4.78 is 12.9. The molecule has 0 aromatic carbocycles. The van der Waals surface area contributed by atoms with Gasteiger partial charge in [0.15, 0.2) is 11.3 Å². The molecule has 0 aliphatic rings. The highest BCUT2D eigenvalue weighted by atomic mass is 32.2. The van der Waals surface area contributed by atoms with E-state index in [-0.39, 0.29) is 17.2 Å². The van der Waals surface area contributed by atoms with E-state index in [1.54, 1.807) is 0 Å². The molecule has 2 aromatic rings. The molecule has 0 aliphatic carbocycles. The Morgan fingerprint density at radius 1 is 1.53 bits per heavy atom. The van der Waals surface area contributed by atoms with Gasteiger partial charge in [-0.3, -0.25) is 4.79 Å². The Hall–Kier alpha value is -1.94. The molecule has 0 fully saturated rings. The van der Waals surface area contributed by atoms with Crippen LogP contribution in [-0.2, 0) is 11.4 Å². The first-order valence-electron chi connectivity index (χ1n) is 4.42. The predicted octanol–water partition coefficient (Wildman–Crippen LogP) is -2.17. The first kappa shape index (κ1) is 11.5. The first-order valence-corrected chi connectivity index (χ1v) is 5.93. The van der Waals surface area contributed by atoms with Crippen LogP contribution in [0.2, 0.25) is 0 Å². The minimum absolute atomic E-state index is 0.0401. The Kier molecular flexibility index (Phi) is 2.59. The molecule has 2 aromatic heterocycles. The van der Waals surface area contributed by atoms with Crippen LogP contribution < -0.4 is 11.4 Å². The second kappa shape index (κ2) is 3.82. The number of hydrogen-bond acceptors (Lipinski definition) is 6. The maximum Gasteiger partial charge on any atom is 0.397 e. The minimum atomic E-state index is -1.64. The Labute approximate surface area is 97.6 Å². The van der Waals surface area contributed by atoms with Crippen LogP contribution in [0, 0.1) is 6.92 Å². The van der Waals surface area contributed by atoms with Gasteiger partial charge in [0.05, 0.1) is 11.4 Å². The highest BCUT2D eigenvalue weighted by Gasteiger charge is 2.20. The van der Waals surface area contributed by atoms with Crippen molar-refractivity contribution in [1.82, 2.24) is 23.8 Å². The molecule has 90 valence electrons. The van der Waals surface area contributed by atoms with Crippen LogP contribution in [0.25, 0.3) is 5.65 Å². The van der Waals surface area contributed by atoms with Gasteiger partial charge in [-0.2, -0.15) is 0 Å². The molecular weight excluding hydrogens is 248 g/mol.